The molecule has 2 aromatic carbocycles. The van der Waals surface area contributed by atoms with Crippen LogP contribution in [-0.4, -0.2) is 11.1 Å². The van der Waals surface area contributed by atoms with E-state index in [9.17, 15) is 13.6 Å². The number of nitrogens with two attached hydrogens (primary N) is 1. The molecule has 0 aromatic heterocycles. The van der Waals surface area contributed by atoms with Crippen LogP contribution in [0, 0.1) is 11.6 Å². The number of carboxylic acid groups (broad SMARTS) is 1. The number of benzene rings is 2. The summed E-state index contributed by atoms with van der Waals surface area (Å²) in [5.41, 5.74) is 6.75. The fourth-order valence-corrected chi connectivity index (χ4v) is 1.71. The van der Waals surface area contributed by atoms with Crippen LogP contribution in [0.1, 0.15) is 15.9 Å². The molecule has 0 heterocycles. The van der Waals surface area contributed by atoms with E-state index in [0.717, 1.165) is 12.1 Å². The van der Waals surface area contributed by atoms with Crippen molar-refractivity contribution in [3.05, 3.63) is 59.2 Å². The zero-order valence-electron chi connectivity index (χ0n) is 10.4. The van der Waals surface area contributed by atoms with Crippen LogP contribution in [0.2, 0.25) is 0 Å². The van der Waals surface area contributed by atoms with Crippen LogP contribution in [0.15, 0.2) is 36.4 Å². The number of nitrogen functional groups attached to an aromatic ring is 1. The highest BCUT2D eigenvalue weighted by molar-refractivity contribution is 5.94. The van der Waals surface area contributed by atoms with Gasteiger partial charge in [0.2, 0.25) is 0 Å². The smallest absolute Gasteiger partial charge is 0.337 e. The molecular weight excluding hydrogens is 266 g/mol. The largest absolute Gasteiger partial charge is 0.478 e. The lowest BCUT2D eigenvalue weighted by molar-refractivity contribution is 0.0698. The molecular formula is C14H12F2N2O2. The maximum atomic E-state index is 13.0. The lowest BCUT2D eigenvalue weighted by Gasteiger charge is -2.09. The van der Waals surface area contributed by atoms with Crippen molar-refractivity contribution in [3.8, 4) is 0 Å². The number of halogens is 2. The molecule has 2 rings (SSSR count). The highest BCUT2D eigenvalue weighted by Gasteiger charge is 2.08. The lowest BCUT2D eigenvalue weighted by Crippen LogP contribution is -2.05. The number of aromatic carboxylic acids is 1. The summed E-state index contributed by atoms with van der Waals surface area (Å²) in [6.45, 7) is 0.236. The standard InChI is InChI=1S/C14H12F2N2O2/c15-11-3-1-8(5-12(11)16)7-18-9-2-4-13(17)10(6-9)14(19)20/h1-6,18H,7,17H2,(H,19,20). The first-order chi connectivity index (χ1) is 9.47. The maximum Gasteiger partial charge on any atom is 0.337 e. The molecule has 4 nitrogen and oxygen atoms in total. The third-order valence-corrected chi connectivity index (χ3v) is 2.76. The van der Waals surface area contributed by atoms with Crippen molar-refractivity contribution in [2.45, 2.75) is 6.54 Å². The van der Waals surface area contributed by atoms with Crippen molar-refractivity contribution in [1.29, 1.82) is 0 Å². The van der Waals surface area contributed by atoms with E-state index in [1.165, 1.54) is 18.2 Å². The van der Waals surface area contributed by atoms with Gasteiger partial charge in [-0.1, -0.05) is 6.07 Å². The summed E-state index contributed by atoms with van der Waals surface area (Å²) in [5.74, 6) is -2.96. The van der Waals surface area contributed by atoms with Gasteiger partial charge in [0.25, 0.3) is 0 Å². The molecule has 20 heavy (non-hydrogen) atoms. The zero-order chi connectivity index (χ0) is 14.7. The van der Waals surface area contributed by atoms with E-state index in [1.54, 1.807) is 6.07 Å². The molecule has 0 saturated heterocycles. The Bertz CT molecular complexity index is 660. The summed E-state index contributed by atoms with van der Waals surface area (Å²) >= 11 is 0. The minimum Gasteiger partial charge on any atom is -0.478 e. The van der Waals surface area contributed by atoms with Crippen molar-refractivity contribution < 1.29 is 18.7 Å². The quantitative estimate of drug-likeness (QED) is 0.752. The monoisotopic (exact) mass is 278 g/mol. The molecule has 0 aliphatic carbocycles. The van der Waals surface area contributed by atoms with Crippen LogP contribution in [0.25, 0.3) is 0 Å². The average Bonchev–Trinajstić information content (AvgIpc) is 2.41. The summed E-state index contributed by atoms with van der Waals surface area (Å²) in [5, 5.41) is 11.9. The second kappa shape index (κ2) is 5.56. The number of nitrogens with one attached hydrogen (secondary N) is 1. The van der Waals surface area contributed by atoms with E-state index in [1.807, 2.05) is 0 Å². The Hall–Kier alpha value is -2.63. The first kappa shape index (κ1) is 13.8. The van der Waals surface area contributed by atoms with Crippen molar-refractivity contribution in [1.82, 2.24) is 0 Å². The van der Waals surface area contributed by atoms with Gasteiger partial charge in [0.1, 0.15) is 0 Å². The summed E-state index contributed by atoms with van der Waals surface area (Å²) in [4.78, 5) is 10.9. The summed E-state index contributed by atoms with van der Waals surface area (Å²) in [7, 11) is 0. The van der Waals surface area contributed by atoms with Crippen LogP contribution >= 0.6 is 0 Å². The van der Waals surface area contributed by atoms with E-state index < -0.39 is 17.6 Å². The normalized spacial score (nSPS) is 10.3. The van der Waals surface area contributed by atoms with Gasteiger partial charge >= 0.3 is 5.97 Å². The first-order valence-corrected chi connectivity index (χ1v) is 5.78. The molecule has 0 fully saturated rings. The fourth-order valence-electron chi connectivity index (χ4n) is 1.71. The van der Waals surface area contributed by atoms with Crippen LogP contribution in [0.3, 0.4) is 0 Å². The molecule has 104 valence electrons. The fraction of sp³-hybridized carbons (Fsp3) is 0.0714. The van der Waals surface area contributed by atoms with Crippen LogP contribution in [0.5, 0.6) is 0 Å². The van der Waals surface area contributed by atoms with Gasteiger partial charge in [-0.2, -0.15) is 0 Å². The van der Waals surface area contributed by atoms with Gasteiger partial charge in [-0.3, -0.25) is 0 Å². The van der Waals surface area contributed by atoms with Gasteiger partial charge in [-0.25, -0.2) is 13.6 Å². The number of hydrogen-bond donors (Lipinski definition) is 3. The zero-order valence-corrected chi connectivity index (χ0v) is 10.4. The minimum absolute atomic E-state index is 0.0136. The molecule has 0 radical (unpaired) electrons. The van der Waals surface area contributed by atoms with E-state index in [-0.39, 0.29) is 17.8 Å². The van der Waals surface area contributed by atoms with Crippen molar-refractivity contribution in [3.63, 3.8) is 0 Å². The van der Waals surface area contributed by atoms with E-state index in [0.29, 0.717) is 11.3 Å². The Labute approximate surface area is 113 Å². The Morgan fingerprint density at radius 1 is 1.15 bits per heavy atom. The number of rotatable bonds is 4. The SMILES string of the molecule is Nc1ccc(NCc2ccc(F)c(F)c2)cc1C(=O)O. The van der Waals surface area contributed by atoms with E-state index >= 15 is 0 Å². The van der Waals surface area contributed by atoms with Crippen LogP contribution in [-0.2, 0) is 6.54 Å². The molecule has 0 saturated carbocycles. The number of anilines is 2. The Morgan fingerprint density at radius 3 is 2.55 bits per heavy atom. The number of carboxylic acids is 1. The third-order valence-electron chi connectivity index (χ3n) is 2.76. The Morgan fingerprint density at radius 2 is 1.90 bits per heavy atom. The van der Waals surface area contributed by atoms with Gasteiger partial charge < -0.3 is 16.2 Å². The molecule has 0 amide bonds. The number of hydrogen-bond acceptors (Lipinski definition) is 3. The van der Waals surface area contributed by atoms with Crippen molar-refractivity contribution >= 4 is 17.3 Å². The predicted molar refractivity (Wildman–Crippen MR) is 71.5 cm³/mol. The highest BCUT2D eigenvalue weighted by Crippen LogP contribution is 2.19. The third kappa shape index (κ3) is 3.03. The van der Waals surface area contributed by atoms with Gasteiger partial charge in [-0.05, 0) is 35.9 Å². The number of carbonyl (C=O) groups is 1. The van der Waals surface area contributed by atoms with Gasteiger partial charge in [0, 0.05) is 17.9 Å². The predicted octanol–water partition coefficient (Wildman–Crippen LogP) is 2.86. The van der Waals surface area contributed by atoms with Crippen molar-refractivity contribution in [2.75, 3.05) is 11.1 Å². The van der Waals surface area contributed by atoms with Gasteiger partial charge in [0.05, 0.1) is 5.56 Å². The Kier molecular flexibility index (Phi) is 3.84. The average molecular weight is 278 g/mol. The minimum atomic E-state index is -1.13. The molecule has 4 N–H and O–H groups in total. The highest BCUT2D eigenvalue weighted by atomic mass is 19.2. The van der Waals surface area contributed by atoms with Crippen LogP contribution < -0.4 is 11.1 Å². The molecule has 0 unspecified atom stereocenters. The van der Waals surface area contributed by atoms with E-state index in [2.05, 4.69) is 5.32 Å². The molecule has 0 spiro atoms. The molecule has 0 bridgehead atoms. The maximum absolute atomic E-state index is 13.0. The molecule has 0 atom stereocenters. The summed E-state index contributed by atoms with van der Waals surface area (Å²) in [6.07, 6.45) is 0. The van der Waals surface area contributed by atoms with Gasteiger partial charge in [0.15, 0.2) is 11.6 Å². The summed E-state index contributed by atoms with van der Waals surface area (Å²) < 4.78 is 25.8. The first-order valence-electron chi connectivity index (χ1n) is 5.78. The second-order valence-electron chi connectivity index (χ2n) is 4.21. The van der Waals surface area contributed by atoms with Crippen molar-refractivity contribution in [2.24, 2.45) is 0 Å². The van der Waals surface area contributed by atoms with E-state index in [4.69, 9.17) is 10.8 Å². The molecule has 6 heteroatoms. The Balaban J connectivity index is 2.12. The summed E-state index contributed by atoms with van der Waals surface area (Å²) in [6, 6.07) is 8.03. The van der Waals surface area contributed by atoms with Crippen LogP contribution in [0.4, 0.5) is 20.2 Å². The lowest BCUT2D eigenvalue weighted by atomic mass is 10.1. The molecule has 0 aliphatic heterocycles. The topological polar surface area (TPSA) is 75.3 Å². The second-order valence-corrected chi connectivity index (χ2v) is 4.21. The molecule has 0 aliphatic rings. The van der Waals surface area contributed by atoms with Gasteiger partial charge in [-0.15, -0.1) is 0 Å². The molecule has 2 aromatic rings.